The van der Waals surface area contributed by atoms with E-state index in [1.807, 2.05) is 0 Å². The maximum atomic E-state index is 4.82. The van der Waals surface area contributed by atoms with Crippen molar-refractivity contribution in [2.45, 2.75) is 0 Å². The number of rotatable bonds is 3. The van der Waals surface area contributed by atoms with Crippen LogP contribution < -0.4 is 12.4 Å². The summed E-state index contributed by atoms with van der Waals surface area (Å²) in [7, 11) is 8.68. The summed E-state index contributed by atoms with van der Waals surface area (Å²) in [6.45, 7) is 1.87. The molecule has 0 bridgehead atoms. The topological polar surface area (TPSA) is 9.23 Å². The van der Waals surface area contributed by atoms with E-state index in [2.05, 4.69) is 30.6 Å². The Balaban J connectivity index is -0.000000245. The number of likely N-dealkylation sites (N-methyl/N-ethyl adjacent to an activating group) is 1. The molecule has 5 heteroatoms. The minimum absolute atomic E-state index is 0. The molecule has 0 aliphatic carbocycles. The molecule has 0 aliphatic heterocycles. The fourth-order valence-corrected chi connectivity index (χ4v) is 0.432. The van der Waals surface area contributed by atoms with Gasteiger partial charge in [-0.05, 0) is 0 Å². The maximum absolute atomic E-state index is 4.82. The first-order valence-corrected chi connectivity index (χ1v) is 3.15. The molecule has 0 radical (unpaired) electrons. The molecule has 1 unspecified atom stereocenters. The van der Waals surface area contributed by atoms with Crippen LogP contribution in [-0.2, 0) is 4.52 Å². The van der Waals surface area contributed by atoms with Gasteiger partial charge in [0.05, 0.1) is 27.7 Å². The average Bonchev–Trinajstić information content (AvgIpc) is 1.59. The Hall–Kier alpha value is 1.90. The van der Waals surface area contributed by atoms with Gasteiger partial charge in [-0.25, -0.2) is 0 Å². The van der Waals surface area contributed by atoms with Crippen molar-refractivity contribution in [2.75, 3.05) is 34.3 Å². The second-order valence-electron chi connectivity index (χ2n) is 2.88. The molecule has 62 valence electrons. The molecule has 0 amide bonds. The fourth-order valence-electron chi connectivity index (χ4n) is 0.327. The van der Waals surface area contributed by atoms with Gasteiger partial charge < -0.3 is 21.4 Å². The number of halogens is 1. The van der Waals surface area contributed by atoms with E-state index >= 15 is 0 Å². The SMILES string of the molecule is C[N+](C)(C)CCOP.[CaH2].[Cl-]. The van der Waals surface area contributed by atoms with Crippen molar-refractivity contribution < 1.29 is 21.4 Å². The molecule has 0 aromatic heterocycles. The van der Waals surface area contributed by atoms with Gasteiger partial charge in [0.25, 0.3) is 0 Å². The zero-order valence-electron chi connectivity index (χ0n) is 6.22. The van der Waals surface area contributed by atoms with Gasteiger partial charge in [0, 0.05) is 9.47 Å². The van der Waals surface area contributed by atoms with Crippen LogP contribution in [0.2, 0.25) is 0 Å². The van der Waals surface area contributed by atoms with Crippen LogP contribution in [-0.4, -0.2) is 76.5 Å². The van der Waals surface area contributed by atoms with Crippen LogP contribution in [0, 0.1) is 0 Å². The Labute approximate surface area is 102 Å². The number of hydrogen-bond acceptors (Lipinski definition) is 1. The van der Waals surface area contributed by atoms with E-state index in [-0.39, 0.29) is 50.1 Å². The van der Waals surface area contributed by atoms with Gasteiger partial charge in [-0.2, -0.15) is 0 Å². The summed E-state index contributed by atoms with van der Waals surface area (Å²) in [5.74, 6) is 0. The van der Waals surface area contributed by atoms with E-state index in [4.69, 9.17) is 4.52 Å². The van der Waals surface area contributed by atoms with Crippen molar-refractivity contribution in [3.8, 4) is 0 Å². The van der Waals surface area contributed by atoms with Gasteiger partial charge in [-0.3, -0.25) is 0 Å². The normalized spacial score (nSPS) is 9.60. The molecule has 1 atom stereocenters. The van der Waals surface area contributed by atoms with Gasteiger partial charge in [-0.15, -0.1) is 0 Å². The molecular weight excluding hydrogens is 197 g/mol. The number of quaternary nitrogens is 1. The summed E-state index contributed by atoms with van der Waals surface area (Å²) in [5.41, 5.74) is 0. The maximum Gasteiger partial charge on any atom is -1.00 e. The van der Waals surface area contributed by atoms with Gasteiger partial charge in [0.1, 0.15) is 6.54 Å². The molecule has 0 rings (SSSR count). The van der Waals surface area contributed by atoms with Gasteiger partial charge in [0.2, 0.25) is 0 Å². The van der Waals surface area contributed by atoms with E-state index in [9.17, 15) is 0 Å². The summed E-state index contributed by atoms with van der Waals surface area (Å²) in [6.07, 6.45) is 0. The standard InChI is InChI=1S/C5H15NOP.Ca.ClH.2H/c1-6(2,3)4-5-7-8;;;;/h4-5,8H2,1-3H3;;1H;;/q+1;;;;/p-1. The molecule has 10 heavy (non-hydrogen) atoms. The van der Waals surface area contributed by atoms with Crippen molar-refractivity contribution in [2.24, 2.45) is 0 Å². The minimum atomic E-state index is 0. The zero-order chi connectivity index (χ0) is 6.62. The molecule has 0 saturated heterocycles. The minimum Gasteiger partial charge on any atom is -1.00 e. The molecule has 0 spiro atoms. The Kier molecular flexibility index (Phi) is 16.0. The van der Waals surface area contributed by atoms with Crippen LogP contribution in [0.4, 0.5) is 0 Å². The largest absolute Gasteiger partial charge is 1.00 e. The Morgan fingerprint density at radius 1 is 1.30 bits per heavy atom. The van der Waals surface area contributed by atoms with E-state index in [0.29, 0.717) is 0 Å². The molecule has 2 nitrogen and oxygen atoms in total. The Morgan fingerprint density at radius 2 is 1.70 bits per heavy atom. The third-order valence-corrected chi connectivity index (χ3v) is 1.12. The van der Waals surface area contributed by atoms with E-state index in [1.54, 1.807) is 0 Å². The monoisotopic (exact) mass is 213 g/mol. The molecule has 0 aromatic rings. The van der Waals surface area contributed by atoms with Crippen LogP contribution in [0.5, 0.6) is 0 Å². The third kappa shape index (κ3) is 16.5. The summed E-state index contributed by atoms with van der Waals surface area (Å²) in [6, 6.07) is 0. The molecule has 0 aromatic carbocycles. The molecule has 0 heterocycles. The second-order valence-corrected chi connectivity index (χ2v) is 3.22. The fraction of sp³-hybridized carbons (Fsp3) is 1.00. The van der Waals surface area contributed by atoms with Crippen LogP contribution in [0.25, 0.3) is 0 Å². The van der Waals surface area contributed by atoms with Crippen molar-refractivity contribution in [3.05, 3.63) is 0 Å². The predicted molar refractivity (Wildman–Crippen MR) is 47.1 cm³/mol. The van der Waals surface area contributed by atoms with E-state index in [1.165, 1.54) is 0 Å². The quantitative estimate of drug-likeness (QED) is 0.270. The van der Waals surface area contributed by atoms with Crippen LogP contribution in [0.1, 0.15) is 0 Å². The summed E-state index contributed by atoms with van der Waals surface area (Å²) >= 11 is 0. The van der Waals surface area contributed by atoms with Crippen molar-refractivity contribution in [1.29, 1.82) is 0 Å². The summed E-state index contributed by atoms with van der Waals surface area (Å²) in [4.78, 5) is 0. The number of nitrogens with zero attached hydrogens (tertiary/aromatic N) is 1. The van der Waals surface area contributed by atoms with Crippen molar-refractivity contribution >= 4 is 47.2 Å². The summed E-state index contributed by atoms with van der Waals surface area (Å²) < 4.78 is 5.79. The first-order valence-electron chi connectivity index (χ1n) is 2.68. The molecular formula is C5H17CaClNOP. The number of hydrogen-bond donors (Lipinski definition) is 0. The third-order valence-electron chi connectivity index (χ3n) is 0.880. The molecule has 0 N–H and O–H groups in total. The Morgan fingerprint density at radius 3 is 1.80 bits per heavy atom. The first kappa shape index (κ1) is 17.8. The summed E-state index contributed by atoms with van der Waals surface area (Å²) in [5, 5.41) is 0. The first-order chi connectivity index (χ1) is 3.56. The van der Waals surface area contributed by atoms with E-state index < -0.39 is 0 Å². The van der Waals surface area contributed by atoms with Gasteiger partial charge in [-0.1, -0.05) is 0 Å². The van der Waals surface area contributed by atoms with Crippen molar-refractivity contribution in [1.82, 2.24) is 0 Å². The van der Waals surface area contributed by atoms with Crippen LogP contribution in [0.3, 0.4) is 0 Å². The molecule has 0 aliphatic rings. The predicted octanol–water partition coefficient (Wildman–Crippen LogP) is -3.41. The smallest absolute Gasteiger partial charge is 1.00 e. The van der Waals surface area contributed by atoms with Crippen LogP contribution in [0.15, 0.2) is 0 Å². The van der Waals surface area contributed by atoms with Crippen molar-refractivity contribution in [3.63, 3.8) is 0 Å². The second kappa shape index (κ2) is 8.99. The van der Waals surface area contributed by atoms with E-state index in [0.717, 1.165) is 17.6 Å². The van der Waals surface area contributed by atoms with Crippen LogP contribution >= 0.6 is 9.47 Å². The molecule has 0 fully saturated rings. The Bertz CT molecular complexity index is 69.2. The zero-order valence-corrected chi connectivity index (χ0v) is 8.14. The molecule has 0 saturated carbocycles. The van der Waals surface area contributed by atoms with Gasteiger partial charge in [0.15, 0.2) is 0 Å². The average molecular weight is 214 g/mol. The van der Waals surface area contributed by atoms with Gasteiger partial charge >= 0.3 is 37.7 Å².